The molecule has 0 radical (unpaired) electrons. The summed E-state index contributed by atoms with van der Waals surface area (Å²) in [7, 11) is 1.78. The summed E-state index contributed by atoms with van der Waals surface area (Å²) in [4.78, 5) is 6.89. The minimum Gasteiger partial charge on any atom is -0.355 e. The van der Waals surface area contributed by atoms with Gasteiger partial charge in [0.15, 0.2) is 5.96 Å². The molecule has 4 nitrogen and oxygen atoms in total. The van der Waals surface area contributed by atoms with E-state index in [1.54, 1.807) is 19.2 Å². The molecule has 24 heavy (non-hydrogen) atoms. The predicted molar refractivity (Wildman–Crippen MR) is 107 cm³/mol. The van der Waals surface area contributed by atoms with Crippen molar-refractivity contribution in [3.05, 3.63) is 35.6 Å². The molecule has 6 heteroatoms. The van der Waals surface area contributed by atoms with Crippen molar-refractivity contribution in [2.75, 3.05) is 26.7 Å². The number of benzene rings is 1. The first-order valence-electron chi connectivity index (χ1n) is 8.67. The zero-order valence-corrected chi connectivity index (χ0v) is 16.6. The molecular weight excluding hydrogens is 418 g/mol. The highest BCUT2D eigenvalue weighted by atomic mass is 127. The minimum atomic E-state index is -0.202. The van der Waals surface area contributed by atoms with Crippen LogP contribution in [0.1, 0.15) is 31.2 Å². The number of hydrogen-bond donors (Lipinski definition) is 2. The molecule has 0 unspecified atom stereocenters. The van der Waals surface area contributed by atoms with Gasteiger partial charge >= 0.3 is 0 Å². The van der Waals surface area contributed by atoms with Gasteiger partial charge in [0.05, 0.1) is 0 Å². The number of nitrogens with zero attached hydrogens (tertiary/aromatic N) is 2. The van der Waals surface area contributed by atoms with Gasteiger partial charge in [-0.3, -0.25) is 9.89 Å². The van der Waals surface area contributed by atoms with Gasteiger partial charge in [-0.15, -0.1) is 24.0 Å². The highest BCUT2D eigenvalue weighted by Gasteiger charge is 2.33. The molecule has 1 aromatic rings. The summed E-state index contributed by atoms with van der Waals surface area (Å²) in [5, 5.41) is 6.66. The number of nitrogens with one attached hydrogen (secondary N) is 2. The summed E-state index contributed by atoms with van der Waals surface area (Å²) in [5.74, 6) is 1.55. The van der Waals surface area contributed by atoms with E-state index >= 15 is 0 Å². The van der Waals surface area contributed by atoms with Crippen LogP contribution >= 0.6 is 24.0 Å². The maximum Gasteiger partial charge on any atom is 0.191 e. The Morgan fingerprint density at radius 1 is 1.17 bits per heavy atom. The number of guanidine groups is 1. The van der Waals surface area contributed by atoms with Gasteiger partial charge < -0.3 is 10.6 Å². The van der Waals surface area contributed by atoms with E-state index in [0.29, 0.717) is 6.54 Å². The van der Waals surface area contributed by atoms with Crippen molar-refractivity contribution >= 4 is 29.9 Å². The predicted octanol–water partition coefficient (Wildman–Crippen LogP) is 2.98. The first kappa shape index (κ1) is 19.4. The molecule has 2 aliphatic rings. The highest BCUT2D eigenvalue weighted by molar-refractivity contribution is 14.0. The second-order valence-electron chi connectivity index (χ2n) is 6.65. The molecule has 0 spiro atoms. The lowest BCUT2D eigenvalue weighted by molar-refractivity contribution is 0.256. The first-order chi connectivity index (χ1) is 11.2. The van der Waals surface area contributed by atoms with Crippen LogP contribution in [0.4, 0.5) is 4.39 Å². The summed E-state index contributed by atoms with van der Waals surface area (Å²) < 4.78 is 12.9. The van der Waals surface area contributed by atoms with Gasteiger partial charge in [0.2, 0.25) is 0 Å². The molecular formula is C18H28FIN4. The molecule has 2 aliphatic carbocycles. The van der Waals surface area contributed by atoms with E-state index in [9.17, 15) is 4.39 Å². The molecule has 0 aromatic heterocycles. The van der Waals surface area contributed by atoms with Crippen LogP contribution in [0.5, 0.6) is 0 Å². The van der Waals surface area contributed by atoms with Crippen LogP contribution in [0.25, 0.3) is 0 Å². The van der Waals surface area contributed by atoms with E-state index in [1.807, 2.05) is 0 Å². The van der Waals surface area contributed by atoms with E-state index in [0.717, 1.165) is 36.6 Å². The molecule has 1 aromatic carbocycles. The Bertz CT molecular complexity index is 526. The van der Waals surface area contributed by atoms with E-state index in [-0.39, 0.29) is 29.8 Å². The molecule has 3 rings (SSSR count). The second kappa shape index (κ2) is 9.56. The molecule has 2 N–H and O–H groups in total. The van der Waals surface area contributed by atoms with Gasteiger partial charge in [0.25, 0.3) is 0 Å². The normalized spacial score (nSPS) is 17.5. The van der Waals surface area contributed by atoms with Crippen LogP contribution < -0.4 is 10.6 Å². The molecule has 0 atom stereocenters. The number of rotatable bonds is 8. The van der Waals surface area contributed by atoms with Crippen LogP contribution in [0.3, 0.4) is 0 Å². The van der Waals surface area contributed by atoms with Crippen LogP contribution in [-0.4, -0.2) is 43.6 Å². The number of hydrogen-bond acceptors (Lipinski definition) is 2. The smallest absolute Gasteiger partial charge is 0.191 e. The zero-order chi connectivity index (χ0) is 16.1. The molecule has 0 heterocycles. The summed E-state index contributed by atoms with van der Waals surface area (Å²) in [5.41, 5.74) is 1.04. The Hall–Kier alpha value is -0.890. The minimum absolute atomic E-state index is 0. The lowest BCUT2D eigenvalue weighted by atomic mass is 10.2. The van der Waals surface area contributed by atoms with Crippen molar-refractivity contribution in [3.63, 3.8) is 0 Å². The standard InChI is InChI=1S/C18H27FN4.HI/c1-20-18(22-12-14-4-6-16(19)7-5-14)21-10-11-23(17-8-9-17)13-15-2-3-15;/h4-7,15,17H,2-3,8-13H2,1H3,(H2,20,21,22);1H. The Labute approximate surface area is 161 Å². The molecule has 2 saturated carbocycles. The number of aliphatic imine (C=N–C) groups is 1. The quantitative estimate of drug-likeness (QED) is 0.367. The number of halogens is 2. The average molecular weight is 446 g/mol. The van der Waals surface area contributed by atoms with Gasteiger partial charge in [-0.1, -0.05) is 12.1 Å². The van der Waals surface area contributed by atoms with Crippen molar-refractivity contribution < 1.29 is 4.39 Å². The average Bonchev–Trinajstić information content (AvgIpc) is 3.45. The van der Waals surface area contributed by atoms with E-state index < -0.39 is 0 Å². The van der Waals surface area contributed by atoms with Gasteiger partial charge in [0, 0.05) is 39.3 Å². The third kappa shape index (κ3) is 6.55. The summed E-state index contributed by atoms with van der Waals surface area (Å²) >= 11 is 0. The molecule has 0 aliphatic heterocycles. The topological polar surface area (TPSA) is 39.7 Å². The van der Waals surface area contributed by atoms with E-state index in [4.69, 9.17) is 0 Å². The lowest BCUT2D eigenvalue weighted by Gasteiger charge is -2.22. The molecule has 0 saturated heterocycles. The van der Waals surface area contributed by atoms with Crippen molar-refractivity contribution in [1.29, 1.82) is 0 Å². The monoisotopic (exact) mass is 446 g/mol. The fourth-order valence-electron chi connectivity index (χ4n) is 2.82. The van der Waals surface area contributed by atoms with Crippen LogP contribution in [0.15, 0.2) is 29.3 Å². The van der Waals surface area contributed by atoms with Crippen LogP contribution in [0, 0.1) is 11.7 Å². The maximum atomic E-state index is 12.9. The van der Waals surface area contributed by atoms with Crippen molar-refractivity contribution in [3.8, 4) is 0 Å². The van der Waals surface area contributed by atoms with Crippen LogP contribution in [0.2, 0.25) is 0 Å². The summed E-state index contributed by atoms with van der Waals surface area (Å²) in [6.07, 6.45) is 5.56. The first-order valence-corrected chi connectivity index (χ1v) is 8.67. The summed E-state index contributed by atoms with van der Waals surface area (Å²) in [6.45, 7) is 3.91. The molecule has 0 bridgehead atoms. The van der Waals surface area contributed by atoms with Crippen molar-refractivity contribution in [2.45, 2.75) is 38.3 Å². The zero-order valence-electron chi connectivity index (χ0n) is 14.3. The Morgan fingerprint density at radius 2 is 1.88 bits per heavy atom. The fourth-order valence-corrected chi connectivity index (χ4v) is 2.82. The Morgan fingerprint density at radius 3 is 2.46 bits per heavy atom. The molecule has 134 valence electrons. The largest absolute Gasteiger partial charge is 0.355 e. The Balaban J connectivity index is 0.00000208. The SMILES string of the molecule is CN=C(NCCN(CC1CC1)C1CC1)NCc1ccc(F)cc1.I. The van der Waals surface area contributed by atoms with Gasteiger partial charge in [-0.25, -0.2) is 4.39 Å². The van der Waals surface area contributed by atoms with Gasteiger partial charge in [-0.05, 0) is 49.3 Å². The van der Waals surface area contributed by atoms with Gasteiger partial charge in [-0.2, -0.15) is 0 Å². The van der Waals surface area contributed by atoms with E-state index in [1.165, 1.54) is 44.4 Å². The second-order valence-corrected chi connectivity index (χ2v) is 6.65. The maximum absolute atomic E-state index is 12.9. The molecule has 0 amide bonds. The Kier molecular flexibility index (Phi) is 7.74. The lowest BCUT2D eigenvalue weighted by Crippen LogP contribution is -2.42. The fraction of sp³-hybridized carbons (Fsp3) is 0.611. The van der Waals surface area contributed by atoms with Crippen molar-refractivity contribution in [2.24, 2.45) is 10.9 Å². The van der Waals surface area contributed by atoms with Gasteiger partial charge in [0.1, 0.15) is 5.82 Å². The van der Waals surface area contributed by atoms with E-state index in [2.05, 4.69) is 20.5 Å². The third-order valence-electron chi connectivity index (χ3n) is 4.54. The third-order valence-corrected chi connectivity index (χ3v) is 4.54. The highest BCUT2D eigenvalue weighted by Crippen LogP contribution is 2.34. The van der Waals surface area contributed by atoms with Crippen LogP contribution in [-0.2, 0) is 6.54 Å². The summed E-state index contributed by atoms with van der Waals surface area (Å²) in [6, 6.07) is 7.38. The molecule has 2 fully saturated rings. The van der Waals surface area contributed by atoms with Crippen molar-refractivity contribution in [1.82, 2.24) is 15.5 Å².